The summed E-state index contributed by atoms with van der Waals surface area (Å²) >= 11 is 0. The first-order valence-electron chi connectivity index (χ1n) is 5.12. The summed E-state index contributed by atoms with van der Waals surface area (Å²) in [5.41, 5.74) is 0.995. The van der Waals surface area contributed by atoms with Crippen LogP contribution in [0.5, 0.6) is 0 Å². The molecule has 0 unspecified atom stereocenters. The summed E-state index contributed by atoms with van der Waals surface area (Å²) in [4.78, 5) is 10.9. The first kappa shape index (κ1) is 10.0. The fraction of sp³-hybridized carbons (Fsp3) is 0.417. The van der Waals surface area contributed by atoms with Gasteiger partial charge in [-0.2, -0.15) is 0 Å². The highest BCUT2D eigenvalue weighted by molar-refractivity contribution is 5.61. The van der Waals surface area contributed by atoms with E-state index in [-0.39, 0.29) is 5.41 Å². The Morgan fingerprint density at radius 1 is 1.20 bits per heavy atom. The maximum atomic E-state index is 10.9. The van der Waals surface area contributed by atoms with Crippen molar-refractivity contribution in [1.29, 1.82) is 0 Å². The number of ether oxygens (including phenoxy) is 2. The quantitative estimate of drug-likeness (QED) is 0.697. The molecule has 1 aromatic carbocycles. The molecule has 0 radical (unpaired) electrons. The highest BCUT2D eigenvalue weighted by Crippen LogP contribution is 2.31. The molecule has 0 aliphatic carbocycles. The summed E-state index contributed by atoms with van der Waals surface area (Å²) in [7, 11) is 0. The molecule has 1 heterocycles. The van der Waals surface area contributed by atoms with Gasteiger partial charge in [-0.15, -0.1) is 0 Å². The largest absolute Gasteiger partial charge is 0.508 e. The average Bonchev–Trinajstić information content (AvgIpc) is 2.32. The van der Waals surface area contributed by atoms with E-state index in [1.807, 2.05) is 30.3 Å². The van der Waals surface area contributed by atoms with Crippen LogP contribution in [0.1, 0.15) is 18.9 Å². The number of rotatable bonds is 2. The van der Waals surface area contributed by atoms with E-state index in [1.54, 1.807) is 0 Å². The van der Waals surface area contributed by atoms with Crippen LogP contribution in [0.15, 0.2) is 30.3 Å². The second-order valence-corrected chi connectivity index (χ2v) is 3.83. The van der Waals surface area contributed by atoms with Gasteiger partial charge in [0.1, 0.15) is 13.2 Å². The fourth-order valence-corrected chi connectivity index (χ4v) is 1.84. The zero-order valence-corrected chi connectivity index (χ0v) is 8.73. The predicted molar refractivity (Wildman–Crippen MR) is 55.7 cm³/mol. The molecule has 0 aromatic heterocycles. The van der Waals surface area contributed by atoms with Crippen LogP contribution in [0.3, 0.4) is 0 Å². The van der Waals surface area contributed by atoms with Crippen molar-refractivity contribution in [3.8, 4) is 0 Å². The first-order valence-corrected chi connectivity index (χ1v) is 5.12. The third-order valence-corrected chi connectivity index (χ3v) is 3.00. The number of hydrogen-bond donors (Lipinski definition) is 0. The van der Waals surface area contributed by atoms with Gasteiger partial charge in [-0.3, -0.25) is 0 Å². The summed E-state index contributed by atoms with van der Waals surface area (Å²) in [5.74, 6) is 0. The molecule has 3 heteroatoms. The van der Waals surface area contributed by atoms with E-state index < -0.39 is 6.16 Å². The van der Waals surface area contributed by atoms with Crippen LogP contribution >= 0.6 is 0 Å². The molecule has 1 aliphatic rings. The molecule has 2 rings (SSSR count). The monoisotopic (exact) mass is 206 g/mol. The van der Waals surface area contributed by atoms with Crippen LogP contribution < -0.4 is 0 Å². The molecule has 0 bridgehead atoms. The van der Waals surface area contributed by atoms with Gasteiger partial charge in [0.05, 0.1) is 5.41 Å². The van der Waals surface area contributed by atoms with Crippen molar-refractivity contribution in [3.63, 3.8) is 0 Å². The van der Waals surface area contributed by atoms with Crippen molar-refractivity contribution in [2.45, 2.75) is 18.8 Å². The van der Waals surface area contributed by atoms with Crippen LogP contribution in [0.2, 0.25) is 0 Å². The van der Waals surface area contributed by atoms with Crippen molar-refractivity contribution < 1.29 is 14.3 Å². The Labute approximate surface area is 89.0 Å². The molecule has 0 spiro atoms. The van der Waals surface area contributed by atoms with Gasteiger partial charge in [-0.25, -0.2) is 4.79 Å². The lowest BCUT2D eigenvalue weighted by atomic mass is 9.79. The second kappa shape index (κ2) is 3.93. The summed E-state index contributed by atoms with van der Waals surface area (Å²) in [6.07, 6.45) is 0.333. The summed E-state index contributed by atoms with van der Waals surface area (Å²) in [5, 5.41) is 0. The number of benzene rings is 1. The van der Waals surface area contributed by atoms with E-state index in [4.69, 9.17) is 9.47 Å². The van der Waals surface area contributed by atoms with Gasteiger partial charge in [0.25, 0.3) is 0 Å². The molecule has 1 aliphatic heterocycles. The minimum absolute atomic E-state index is 0.171. The molecule has 0 amide bonds. The molecule has 1 fully saturated rings. The lowest BCUT2D eigenvalue weighted by molar-refractivity contribution is -0.0285. The highest BCUT2D eigenvalue weighted by atomic mass is 16.7. The zero-order valence-electron chi connectivity index (χ0n) is 8.73. The molecule has 0 saturated carbocycles. The Morgan fingerprint density at radius 2 is 1.80 bits per heavy atom. The van der Waals surface area contributed by atoms with Crippen molar-refractivity contribution in [3.05, 3.63) is 35.9 Å². The van der Waals surface area contributed by atoms with Crippen molar-refractivity contribution in [2.75, 3.05) is 13.2 Å². The van der Waals surface area contributed by atoms with Crippen LogP contribution in [-0.4, -0.2) is 19.4 Å². The van der Waals surface area contributed by atoms with E-state index in [2.05, 4.69) is 6.92 Å². The average molecular weight is 206 g/mol. The van der Waals surface area contributed by atoms with Gasteiger partial charge >= 0.3 is 6.16 Å². The van der Waals surface area contributed by atoms with Crippen LogP contribution in [0.25, 0.3) is 0 Å². The first-order chi connectivity index (χ1) is 7.27. The molecule has 0 N–H and O–H groups in total. The minimum Gasteiger partial charge on any atom is -0.433 e. The van der Waals surface area contributed by atoms with E-state index in [9.17, 15) is 4.79 Å². The van der Waals surface area contributed by atoms with Gasteiger partial charge in [-0.05, 0) is 12.0 Å². The topological polar surface area (TPSA) is 35.5 Å². The number of hydrogen-bond acceptors (Lipinski definition) is 3. The maximum absolute atomic E-state index is 10.9. The van der Waals surface area contributed by atoms with Crippen molar-refractivity contribution >= 4 is 6.16 Å². The molecule has 80 valence electrons. The van der Waals surface area contributed by atoms with Gasteiger partial charge in [-0.1, -0.05) is 37.3 Å². The number of cyclic esters (lactones) is 2. The minimum atomic E-state index is -0.560. The zero-order chi connectivity index (χ0) is 10.7. The predicted octanol–water partition coefficient (Wildman–Crippen LogP) is 2.50. The third-order valence-electron chi connectivity index (χ3n) is 3.00. The lowest BCUT2D eigenvalue weighted by Gasteiger charge is -2.35. The molecular formula is C12H14O3. The van der Waals surface area contributed by atoms with Crippen LogP contribution in [0, 0.1) is 0 Å². The number of carbonyl (C=O) groups is 1. The highest BCUT2D eigenvalue weighted by Gasteiger charge is 2.37. The molecule has 0 atom stereocenters. The van der Waals surface area contributed by atoms with Gasteiger partial charge in [0, 0.05) is 0 Å². The molecule has 15 heavy (non-hydrogen) atoms. The molecule has 1 aromatic rings. The fourth-order valence-electron chi connectivity index (χ4n) is 1.84. The second-order valence-electron chi connectivity index (χ2n) is 3.83. The number of carbonyl (C=O) groups excluding carboxylic acids is 1. The van der Waals surface area contributed by atoms with E-state index in [1.165, 1.54) is 5.56 Å². The van der Waals surface area contributed by atoms with Crippen molar-refractivity contribution in [1.82, 2.24) is 0 Å². The third kappa shape index (κ3) is 1.82. The van der Waals surface area contributed by atoms with Gasteiger partial charge < -0.3 is 9.47 Å². The van der Waals surface area contributed by atoms with Crippen LogP contribution in [-0.2, 0) is 14.9 Å². The Bertz CT molecular complexity index is 335. The summed E-state index contributed by atoms with van der Waals surface area (Å²) in [6, 6.07) is 10.0. The van der Waals surface area contributed by atoms with E-state index in [0.29, 0.717) is 13.2 Å². The normalized spacial score (nSPS) is 19.1. The lowest BCUT2D eigenvalue weighted by Crippen LogP contribution is -2.42. The Hall–Kier alpha value is -1.51. The van der Waals surface area contributed by atoms with E-state index >= 15 is 0 Å². The van der Waals surface area contributed by atoms with Crippen LogP contribution in [0.4, 0.5) is 4.79 Å². The summed E-state index contributed by atoms with van der Waals surface area (Å²) < 4.78 is 9.96. The van der Waals surface area contributed by atoms with Crippen molar-refractivity contribution in [2.24, 2.45) is 0 Å². The molecule has 3 nitrogen and oxygen atoms in total. The van der Waals surface area contributed by atoms with E-state index in [0.717, 1.165) is 6.42 Å². The SMILES string of the molecule is CCC1(c2ccccc2)COC(=O)OC1. The smallest absolute Gasteiger partial charge is 0.433 e. The Morgan fingerprint density at radius 3 is 2.33 bits per heavy atom. The standard InChI is InChI=1S/C12H14O3/c1-2-12(8-14-11(13)15-9-12)10-6-4-3-5-7-10/h3-7H,2,8-9H2,1H3. The Balaban J connectivity index is 2.26. The summed E-state index contributed by atoms with van der Waals surface area (Å²) in [6.45, 7) is 2.90. The maximum Gasteiger partial charge on any atom is 0.508 e. The van der Waals surface area contributed by atoms with Gasteiger partial charge in [0.2, 0.25) is 0 Å². The van der Waals surface area contributed by atoms with Gasteiger partial charge in [0.15, 0.2) is 0 Å². The molecular weight excluding hydrogens is 192 g/mol. The molecule has 1 saturated heterocycles. The Kier molecular flexibility index (Phi) is 2.62.